The lowest BCUT2D eigenvalue weighted by molar-refractivity contribution is 0.249. The Kier molecular flexibility index (Phi) is 4.31. The van der Waals surface area contributed by atoms with Gasteiger partial charge in [-0.25, -0.2) is 0 Å². The molecule has 1 aliphatic rings. The molecular weight excluding hydrogens is 230 g/mol. The van der Waals surface area contributed by atoms with Crippen LogP contribution in [0.3, 0.4) is 0 Å². The van der Waals surface area contributed by atoms with Crippen LogP contribution in [0.4, 0.5) is 5.69 Å². The van der Waals surface area contributed by atoms with Gasteiger partial charge in [-0.3, -0.25) is 0 Å². The van der Waals surface area contributed by atoms with Crippen molar-refractivity contribution in [2.45, 2.75) is 26.3 Å². The van der Waals surface area contributed by atoms with Crippen LogP contribution in [0.2, 0.25) is 0 Å². The van der Waals surface area contributed by atoms with Crippen LogP contribution in [0.5, 0.6) is 11.5 Å². The van der Waals surface area contributed by atoms with E-state index in [-0.39, 0.29) is 12.6 Å². The zero-order chi connectivity index (χ0) is 13.0. The van der Waals surface area contributed by atoms with Crippen molar-refractivity contribution in [2.24, 2.45) is 5.92 Å². The Balaban J connectivity index is 2.12. The third-order valence-electron chi connectivity index (χ3n) is 3.10. The van der Waals surface area contributed by atoms with Crippen molar-refractivity contribution < 1.29 is 14.6 Å². The van der Waals surface area contributed by atoms with Crippen LogP contribution in [-0.2, 0) is 0 Å². The van der Waals surface area contributed by atoms with Gasteiger partial charge < -0.3 is 19.9 Å². The van der Waals surface area contributed by atoms with Crippen LogP contribution in [0.1, 0.15) is 20.3 Å². The molecule has 1 aliphatic heterocycles. The summed E-state index contributed by atoms with van der Waals surface area (Å²) < 4.78 is 11.2. The molecule has 0 aliphatic carbocycles. The highest BCUT2D eigenvalue weighted by Crippen LogP contribution is 2.32. The molecule has 100 valence electrons. The number of ether oxygens (including phenoxy) is 2. The molecule has 0 spiro atoms. The predicted molar refractivity (Wildman–Crippen MR) is 71.4 cm³/mol. The number of aliphatic hydroxyl groups excluding tert-OH is 1. The molecule has 0 fully saturated rings. The van der Waals surface area contributed by atoms with Gasteiger partial charge >= 0.3 is 0 Å². The monoisotopic (exact) mass is 251 g/mol. The lowest BCUT2D eigenvalue weighted by atomic mass is 10.1. The van der Waals surface area contributed by atoms with E-state index in [9.17, 15) is 5.11 Å². The maximum Gasteiger partial charge on any atom is 0.163 e. The summed E-state index contributed by atoms with van der Waals surface area (Å²) in [6.45, 7) is 5.66. The molecule has 1 aromatic carbocycles. The van der Waals surface area contributed by atoms with E-state index in [1.807, 2.05) is 18.2 Å². The van der Waals surface area contributed by atoms with E-state index in [1.54, 1.807) is 0 Å². The Morgan fingerprint density at radius 3 is 2.61 bits per heavy atom. The maximum absolute atomic E-state index is 9.32. The minimum absolute atomic E-state index is 0.0507. The molecule has 4 nitrogen and oxygen atoms in total. The summed E-state index contributed by atoms with van der Waals surface area (Å²) in [5.41, 5.74) is 0.951. The number of nitrogens with one attached hydrogen (secondary N) is 1. The molecule has 0 aromatic heterocycles. The third-order valence-corrected chi connectivity index (χ3v) is 3.10. The average Bonchev–Trinajstić information content (AvgIpc) is 2.60. The van der Waals surface area contributed by atoms with Crippen LogP contribution < -0.4 is 14.8 Å². The summed E-state index contributed by atoms with van der Waals surface area (Å²) in [6, 6.07) is 5.86. The summed E-state index contributed by atoms with van der Waals surface area (Å²) >= 11 is 0. The fourth-order valence-electron chi connectivity index (χ4n) is 1.89. The van der Waals surface area contributed by atoms with Crippen LogP contribution in [-0.4, -0.2) is 31.0 Å². The van der Waals surface area contributed by atoms with Crippen molar-refractivity contribution in [1.82, 2.24) is 0 Å². The fraction of sp³-hybridized carbons (Fsp3) is 0.571. The predicted octanol–water partition coefficient (Wildman–Crippen LogP) is 2.28. The van der Waals surface area contributed by atoms with Gasteiger partial charge in [-0.05, 0) is 18.1 Å². The SMILES string of the molecule is CC(C)C(CO)Nc1ccc2c(c1)OCCCO2. The van der Waals surface area contributed by atoms with E-state index in [4.69, 9.17) is 9.47 Å². The van der Waals surface area contributed by atoms with Crippen LogP contribution in [0.15, 0.2) is 18.2 Å². The molecule has 0 bridgehead atoms. The first kappa shape index (κ1) is 13.0. The van der Waals surface area contributed by atoms with E-state index in [1.165, 1.54) is 0 Å². The summed E-state index contributed by atoms with van der Waals surface area (Å²) in [4.78, 5) is 0. The first-order chi connectivity index (χ1) is 8.70. The smallest absolute Gasteiger partial charge is 0.163 e. The Morgan fingerprint density at radius 1 is 1.22 bits per heavy atom. The highest BCUT2D eigenvalue weighted by molar-refractivity contribution is 5.55. The van der Waals surface area contributed by atoms with Gasteiger partial charge in [0.25, 0.3) is 0 Å². The van der Waals surface area contributed by atoms with Crippen molar-refractivity contribution in [1.29, 1.82) is 0 Å². The van der Waals surface area contributed by atoms with Crippen molar-refractivity contribution in [3.63, 3.8) is 0 Å². The summed E-state index contributed by atoms with van der Waals surface area (Å²) in [5.74, 6) is 1.94. The molecule has 1 aromatic rings. The van der Waals surface area contributed by atoms with Gasteiger partial charge in [0.1, 0.15) is 0 Å². The third kappa shape index (κ3) is 3.07. The first-order valence-corrected chi connectivity index (χ1v) is 6.47. The number of aliphatic hydroxyl groups is 1. The maximum atomic E-state index is 9.32. The van der Waals surface area contributed by atoms with Gasteiger partial charge in [0.15, 0.2) is 11.5 Å². The van der Waals surface area contributed by atoms with E-state index >= 15 is 0 Å². The highest BCUT2D eigenvalue weighted by atomic mass is 16.5. The van der Waals surface area contributed by atoms with Crippen LogP contribution in [0, 0.1) is 5.92 Å². The fourth-order valence-corrected chi connectivity index (χ4v) is 1.89. The van der Waals surface area contributed by atoms with E-state index in [0.717, 1.165) is 23.6 Å². The Morgan fingerprint density at radius 2 is 1.94 bits per heavy atom. The molecule has 0 amide bonds. The molecule has 2 rings (SSSR count). The summed E-state index contributed by atoms with van der Waals surface area (Å²) in [5, 5.41) is 12.6. The Hall–Kier alpha value is -1.42. The molecule has 2 N–H and O–H groups in total. The largest absolute Gasteiger partial charge is 0.490 e. The second-order valence-electron chi connectivity index (χ2n) is 4.89. The van der Waals surface area contributed by atoms with Crippen molar-refractivity contribution in [3.05, 3.63) is 18.2 Å². The Bertz CT molecular complexity index is 393. The standard InChI is InChI=1S/C14H21NO3/c1-10(2)12(9-16)15-11-4-5-13-14(8-11)18-7-3-6-17-13/h4-5,8,10,12,15-16H,3,6-7,9H2,1-2H3. The van der Waals surface area contributed by atoms with Crippen LogP contribution in [0.25, 0.3) is 0 Å². The molecule has 18 heavy (non-hydrogen) atoms. The lowest BCUT2D eigenvalue weighted by Gasteiger charge is -2.21. The molecule has 0 saturated heterocycles. The minimum atomic E-state index is 0.0507. The number of benzene rings is 1. The number of hydrogen-bond acceptors (Lipinski definition) is 4. The van der Waals surface area contributed by atoms with Crippen molar-refractivity contribution in [2.75, 3.05) is 25.1 Å². The molecular formula is C14H21NO3. The number of fused-ring (bicyclic) bond motifs is 1. The summed E-state index contributed by atoms with van der Waals surface area (Å²) in [6.07, 6.45) is 0.905. The molecule has 4 heteroatoms. The zero-order valence-electron chi connectivity index (χ0n) is 11.0. The van der Waals surface area contributed by atoms with Crippen molar-refractivity contribution in [3.8, 4) is 11.5 Å². The van der Waals surface area contributed by atoms with Crippen LogP contribution >= 0.6 is 0 Å². The minimum Gasteiger partial charge on any atom is -0.490 e. The van der Waals surface area contributed by atoms with Crippen molar-refractivity contribution >= 4 is 5.69 Å². The topological polar surface area (TPSA) is 50.7 Å². The van der Waals surface area contributed by atoms with E-state index < -0.39 is 0 Å². The zero-order valence-corrected chi connectivity index (χ0v) is 11.0. The lowest BCUT2D eigenvalue weighted by Crippen LogP contribution is -2.29. The summed E-state index contributed by atoms with van der Waals surface area (Å²) in [7, 11) is 0. The molecule has 1 unspecified atom stereocenters. The molecule has 0 saturated carbocycles. The average molecular weight is 251 g/mol. The number of hydrogen-bond donors (Lipinski definition) is 2. The first-order valence-electron chi connectivity index (χ1n) is 6.47. The van der Waals surface area contributed by atoms with Gasteiger partial charge in [-0.2, -0.15) is 0 Å². The van der Waals surface area contributed by atoms with Gasteiger partial charge in [-0.15, -0.1) is 0 Å². The van der Waals surface area contributed by atoms with Gasteiger partial charge in [0.2, 0.25) is 0 Å². The second kappa shape index (κ2) is 5.96. The van der Waals surface area contributed by atoms with Gasteiger partial charge in [0, 0.05) is 18.2 Å². The quantitative estimate of drug-likeness (QED) is 0.862. The number of anilines is 1. The van der Waals surface area contributed by atoms with E-state index in [2.05, 4.69) is 19.2 Å². The second-order valence-corrected chi connectivity index (χ2v) is 4.89. The number of rotatable bonds is 4. The van der Waals surface area contributed by atoms with E-state index in [0.29, 0.717) is 19.1 Å². The molecule has 1 heterocycles. The van der Waals surface area contributed by atoms with Gasteiger partial charge in [-0.1, -0.05) is 13.8 Å². The normalized spacial score (nSPS) is 16.2. The molecule has 1 atom stereocenters. The van der Waals surface area contributed by atoms with Gasteiger partial charge in [0.05, 0.1) is 25.9 Å². The highest BCUT2D eigenvalue weighted by Gasteiger charge is 2.14. The Labute approximate surface area is 108 Å². The molecule has 0 radical (unpaired) electrons.